The minimum Gasteiger partial charge on any atom is -0.445 e. The molecule has 0 aromatic heterocycles. The Morgan fingerprint density at radius 1 is 1.03 bits per heavy atom. The lowest BCUT2D eigenvalue weighted by Gasteiger charge is -2.32. The molecule has 1 heterocycles. The SMILES string of the molecule is CCN(Cc1cc(C(F)(F)F)ccc1B1OC(C)(C)C(C)(C)O1)C(=O)OCc1ccccc1. The van der Waals surface area contributed by atoms with Gasteiger partial charge in [0.2, 0.25) is 0 Å². The molecule has 2 aromatic rings. The molecule has 1 aliphatic rings. The number of ether oxygens (including phenoxy) is 1. The zero-order chi connectivity index (χ0) is 24.4. The van der Waals surface area contributed by atoms with Crippen LogP contribution in [0.25, 0.3) is 0 Å². The summed E-state index contributed by atoms with van der Waals surface area (Å²) in [6.07, 6.45) is -5.13. The lowest BCUT2D eigenvalue weighted by molar-refractivity contribution is -0.137. The number of amides is 1. The van der Waals surface area contributed by atoms with E-state index < -0.39 is 36.2 Å². The summed E-state index contributed by atoms with van der Waals surface area (Å²) >= 11 is 0. The number of carbonyl (C=O) groups is 1. The van der Waals surface area contributed by atoms with Crippen LogP contribution in [0.15, 0.2) is 48.5 Å². The van der Waals surface area contributed by atoms with Gasteiger partial charge < -0.3 is 18.9 Å². The topological polar surface area (TPSA) is 48.0 Å². The number of halogens is 3. The first-order chi connectivity index (χ1) is 15.3. The Bertz CT molecular complexity index is 963. The van der Waals surface area contributed by atoms with Gasteiger partial charge in [-0.05, 0) is 57.3 Å². The average molecular weight is 463 g/mol. The summed E-state index contributed by atoms with van der Waals surface area (Å²) in [7, 11) is -0.855. The van der Waals surface area contributed by atoms with Crippen molar-refractivity contribution >= 4 is 18.7 Å². The Hall–Kier alpha value is -2.52. The highest BCUT2D eigenvalue weighted by atomic mass is 19.4. The van der Waals surface area contributed by atoms with Gasteiger partial charge in [-0.15, -0.1) is 0 Å². The molecule has 0 atom stereocenters. The fourth-order valence-electron chi connectivity index (χ4n) is 3.44. The summed E-state index contributed by atoms with van der Waals surface area (Å²) in [4.78, 5) is 14.0. The molecule has 33 heavy (non-hydrogen) atoms. The van der Waals surface area contributed by atoms with E-state index in [1.54, 1.807) is 6.92 Å². The predicted molar refractivity (Wildman–Crippen MR) is 120 cm³/mol. The Labute approximate surface area is 193 Å². The zero-order valence-corrected chi connectivity index (χ0v) is 19.5. The van der Waals surface area contributed by atoms with Gasteiger partial charge in [0.05, 0.1) is 16.8 Å². The van der Waals surface area contributed by atoms with Gasteiger partial charge in [-0.3, -0.25) is 0 Å². The first-order valence-corrected chi connectivity index (χ1v) is 10.9. The first kappa shape index (κ1) is 25.1. The fraction of sp³-hybridized carbons (Fsp3) is 0.458. The molecule has 9 heteroatoms. The molecular weight excluding hydrogens is 434 g/mol. The van der Waals surface area contributed by atoms with Crippen molar-refractivity contribution in [3.63, 3.8) is 0 Å². The molecule has 5 nitrogen and oxygen atoms in total. The minimum absolute atomic E-state index is 0.0723. The van der Waals surface area contributed by atoms with Gasteiger partial charge >= 0.3 is 19.4 Å². The van der Waals surface area contributed by atoms with Gasteiger partial charge in [0, 0.05) is 13.1 Å². The molecule has 0 spiro atoms. The lowest BCUT2D eigenvalue weighted by atomic mass is 9.75. The molecule has 1 saturated heterocycles. The number of benzene rings is 2. The number of hydrogen-bond donors (Lipinski definition) is 0. The predicted octanol–water partition coefficient (Wildman–Crippen LogP) is 5.16. The molecule has 0 aliphatic carbocycles. The van der Waals surface area contributed by atoms with Gasteiger partial charge in [-0.1, -0.05) is 42.5 Å². The Morgan fingerprint density at radius 2 is 1.64 bits per heavy atom. The van der Waals surface area contributed by atoms with Crippen LogP contribution in [0.5, 0.6) is 0 Å². The first-order valence-electron chi connectivity index (χ1n) is 10.9. The van der Waals surface area contributed by atoms with Crippen LogP contribution in [0, 0.1) is 0 Å². The summed E-state index contributed by atoms with van der Waals surface area (Å²) < 4.78 is 57.8. The van der Waals surface area contributed by atoms with Crippen molar-refractivity contribution in [2.45, 2.75) is 65.1 Å². The molecule has 1 amide bonds. The molecule has 0 unspecified atom stereocenters. The highest BCUT2D eigenvalue weighted by Crippen LogP contribution is 2.37. The van der Waals surface area contributed by atoms with Crippen molar-refractivity contribution in [1.29, 1.82) is 0 Å². The van der Waals surface area contributed by atoms with E-state index in [2.05, 4.69) is 0 Å². The van der Waals surface area contributed by atoms with Crippen LogP contribution in [0.2, 0.25) is 0 Å². The molecule has 2 aromatic carbocycles. The smallest absolute Gasteiger partial charge is 0.445 e. The van der Waals surface area contributed by atoms with E-state index in [9.17, 15) is 18.0 Å². The highest BCUT2D eigenvalue weighted by Gasteiger charge is 2.52. The van der Waals surface area contributed by atoms with Crippen LogP contribution < -0.4 is 5.46 Å². The summed E-state index contributed by atoms with van der Waals surface area (Å²) in [5.41, 5.74) is -0.545. The van der Waals surface area contributed by atoms with E-state index >= 15 is 0 Å². The van der Waals surface area contributed by atoms with Crippen LogP contribution in [0.1, 0.15) is 51.3 Å². The molecule has 0 radical (unpaired) electrons. The van der Waals surface area contributed by atoms with Gasteiger partial charge in [0.15, 0.2) is 0 Å². The van der Waals surface area contributed by atoms with Crippen molar-refractivity contribution in [2.24, 2.45) is 0 Å². The number of carbonyl (C=O) groups excluding carboxylic acids is 1. The normalized spacial score (nSPS) is 17.2. The highest BCUT2D eigenvalue weighted by molar-refractivity contribution is 6.62. The van der Waals surface area contributed by atoms with Crippen molar-refractivity contribution in [1.82, 2.24) is 4.90 Å². The molecule has 0 bridgehead atoms. The molecule has 1 fully saturated rings. The second-order valence-corrected chi connectivity index (χ2v) is 9.05. The van der Waals surface area contributed by atoms with E-state index in [1.807, 2.05) is 58.0 Å². The number of hydrogen-bond acceptors (Lipinski definition) is 4. The lowest BCUT2D eigenvalue weighted by Crippen LogP contribution is -2.41. The molecule has 0 N–H and O–H groups in total. The van der Waals surface area contributed by atoms with Crippen LogP contribution in [-0.4, -0.2) is 35.9 Å². The second-order valence-electron chi connectivity index (χ2n) is 9.05. The van der Waals surface area contributed by atoms with E-state index in [-0.39, 0.29) is 19.7 Å². The van der Waals surface area contributed by atoms with Crippen molar-refractivity contribution in [2.75, 3.05) is 6.54 Å². The van der Waals surface area contributed by atoms with Crippen molar-refractivity contribution < 1.29 is 32.0 Å². The van der Waals surface area contributed by atoms with E-state index in [0.29, 0.717) is 11.0 Å². The van der Waals surface area contributed by atoms with Crippen molar-refractivity contribution in [3.8, 4) is 0 Å². The molecule has 178 valence electrons. The third-order valence-corrected chi connectivity index (χ3v) is 6.18. The fourth-order valence-corrected chi connectivity index (χ4v) is 3.44. The van der Waals surface area contributed by atoms with E-state index in [4.69, 9.17) is 14.0 Å². The molecule has 1 aliphatic heterocycles. The monoisotopic (exact) mass is 463 g/mol. The second kappa shape index (κ2) is 9.39. The standard InChI is InChI=1S/C24H29BF3NO4/c1-6-29(21(30)31-16-17-10-8-7-9-11-17)15-18-14-19(24(26,27)28)12-13-20(18)25-32-22(2,3)23(4,5)33-25/h7-14H,6,15-16H2,1-5H3. The minimum atomic E-state index is -4.52. The third-order valence-electron chi connectivity index (χ3n) is 6.18. The average Bonchev–Trinajstić information content (AvgIpc) is 2.97. The van der Waals surface area contributed by atoms with Gasteiger partial charge in [0.25, 0.3) is 0 Å². The largest absolute Gasteiger partial charge is 0.495 e. The van der Waals surface area contributed by atoms with Crippen molar-refractivity contribution in [3.05, 3.63) is 65.2 Å². The van der Waals surface area contributed by atoms with Crippen LogP contribution >= 0.6 is 0 Å². The maximum Gasteiger partial charge on any atom is 0.495 e. The van der Waals surface area contributed by atoms with Gasteiger partial charge in [-0.25, -0.2) is 4.79 Å². The van der Waals surface area contributed by atoms with Crippen LogP contribution in [0.4, 0.5) is 18.0 Å². The van der Waals surface area contributed by atoms with Crippen LogP contribution in [-0.2, 0) is 33.4 Å². The zero-order valence-electron chi connectivity index (χ0n) is 19.5. The van der Waals surface area contributed by atoms with Gasteiger partial charge in [-0.2, -0.15) is 13.2 Å². The summed E-state index contributed by atoms with van der Waals surface area (Å²) in [5, 5.41) is 0. The Kier molecular flexibility index (Phi) is 7.14. The quantitative estimate of drug-likeness (QED) is 0.556. The maximum atomic E-state index is 13.4. The molecular formula is C24H29BF3NO4. The van der Waals surface area contributed by atoms with Crippen LogP contribution in [0.3, 0.4) is 0 Å². The Morgan fingerprint density at radius 3 is 2.18 bits per heavy atom. The molecule has 0 saturated carbocycles. The summed E-state index contributed by atoms with van der Waals surface area (Å²) in [5.74, 6) is 0. The molecule has 3 rings (SSSR count). The summed E-state index contributed by atoms with van der Waals surface area (Å²) in [6.45, 7) is 9.48. The maximum absolute atomic E-state index is 13.4. The Balaban J connectivity index is 1.86. The number of rotatable bonds is 6. The number of alkyl halides is 3. The number of nitrogens with zero attached hydrogens (tertiary/aromatic N) is 1. The third kappa shape index (κ3) is 5.70. The van der Waals surface area contributed by atoms with E-state index in [0.717, 1.165) is 17.7 Å². The van der Waals surface area contributed by atoms with Gasteiger partial charge in [0.1, 0.15) is 6.61 Å². The summed E-state index contributed by atoms with van der Waals surface area (Å²) in [6, 6.07) is 12.6. The van der Waals surface area contributed by atoms with E-state index in [1.165, 1.54) is 11.0 Å².